The first-order chi connectivity index (χ1) is 16.8. The molecule has 0 unspecified atom stereocenters. The van der Waals surface area contributed by atoms with Gasteiger partial charge < -0.3 is 0 Å². The van der Waals surface area contributed by atoms with Crippen LogP contribution in [0.15, 0.2) is 115 Å². The van der Waals surface area contributed by atoms with Crippen molar-refractivity contribution in [3.05, 3.63) is 126 Å². The molecule has 34 heavy (non-hydrogen) atoms. The van der Waals surface area contributed by atoms with E-state index in [1.54, 1.807) is 0 Å². The summed E-state index contributed by atoms with van der Waals surface area (Å²) < 4.78 is 0. The first kappa shape index (κ1) is 24.4. The van der Waals surface area contributed by atoms with Gasteiger partial charge >= 0.3 is 0 Å². The van der Waals surface area contributed by atoms with Crippen LogP contribution in [0.1, 0.15) is 56.6 Å². The van der Waals surface area contributed by atoms with E-state index in [9.17, 15) is 0 Å². The third-order valence-corrected chi connectivity index (χ3v) is 11.2. The van der Waals surface area contributed by atoms with Gasteiger partial charge in [0.25, 0.3) is 0 Å². The van der Waals surface area contributed by atoms with Crippen LogP contribution in [-0.2, 0) is 12.6 Å². The molecular formula is C33H38P+. The molecule has 0 amide bonds. The lowest BCUT2D eigenvalue weighted by Gasteiger charge is -2.28. The fraction of sp³-hybridized carbons (Fsp3) is 0.273. The van der Waals surface area contributed by atoms with Crippen LogP contribution >= 0.6 is 7.26 Å². The standard InChI is InChI=1S/C33H38P/c1-2-3-4-5-6-10-17-29-24-26-30(27-25-29)28-34(31-18-11-7-12-19-31,32-20-13-8-14-21-32)33-22-15-9-16-23-33/h7-9,11-16,18-27H,2-6,10,17,28H2,1H3/q+1. The van der Waals surface area contributed by atoms with Gasteiger partial charge in [0.2, 0.25) is 0 Å². The summed E-state index contributed by atoms with van der Waals surface area (Å²) in [6.07, 6.45) is 10.4. The molecule has 4 aromatic carbocycles. The molecule has 0 nitrogen and oxygen atoms in total. The Balaban J connectivity index is 1.62. The van der Waals surface area contributed by atoms with Gasteiger partial charge in [0.1, 0.15) is 23.2 Å². The summed E-state index contributed by atoms with van der Waals surface area (Å²) in [6, 6.07) is 43.1. The maximum atomic E-state index is 2.38. The van der Waals surface area contributed by atoms with Gasteiger partial charge in [-0.3, -0.25) is 0 Å². The van der Waals surface area contributed by atoms with E-state index < -0.39 is 7.26 Å². The molecule has 0 atom stereocenters. The Kier molecular flexibility index (Phi) is 9.12. The minimum absolute atomic E-state index is 1.04. The van der Waals surface area contributed by atoms with Crippen LogP contribution in [0.2, 0.25) is 0 Å². The van der Waals surface area contributed by atoms with Crippen LogP contribution in [-0.4, -0.2) is 0 Å². The average molecular weight is 466 g/mol. The minimum Gasteiger partial charge on any atom is -0.0654 e. The van der Waals surface area contributed by atoms with Gasteiger partial charge in [0.15, 0.2) is 0 Å². The molecule has 1 heteroatoms. The molecule has 4 rings (SSSR count). The smallest absolute Gasteiger partial charge is 0.0654 e. The van der Waals surface area contributed by atoms with Crippen LogP contribution < -0.4 is 15.9 Å². The van der Waals surface area contributed by atoms with Crippen LogP contribution in [0.3, 0.4) is 0 Å². The van der Waals surface area contributed by atoms with E-state index in [4.69, 9.17) is 0 Å². The fourth-order valence-corrected chi connectivity index (χ4v) is 9.21. The molecule has 0 N–H and O–H groups in total. The van der Waals surface area contributed by atoms with E-state index in [1.807, 2.05) is 0 Å². The lowest BCUT2D eigenvalue weighted by molar-refractivity contribution is 0.607. The highest BCUT2D eigenvalue weighted by atomic mass is 31.2. The largest absolute Gasteiger partial charge is 0.116 e. The molecule has 0 aromatic heterocycles. The van der Waals surface area contributed by atoms with E-state index in [2.05, 4.69) is 122 Å². The lowest BCUT2D eigenvalue weighted by atomic mass is 10.0. The van der Waals surface area contributed by atoms with Gasteiger partial charge in [0, 0.05) is 0 Å². The topological polar surface area (TPSA) is 0 Å². The molecule has 0 aliphatic rings. The number of benzene rings is 4. The molecule has 0 aliphatic carbocycles. The Labute approximate surface area is 207 Å². The first-order valence-corrected chi connectivity index (χ1v) is 14.9. The predicted octanol–water partition coefficient (Wildman–Crippen LogP) is 8.08. The highest BCUT2D eigenvalue weighted by Gasteiger charge is 2.45. The van der Waals surface area contributed by atoms with Crippen molar-refractivity contribution in [3.63, 3.8) is 0 Å². The van der Waals surface area contributed by atoms with Gasteiger partial charge in [-0.1, -0.05) is 118 Å². The quantitative estimate of drug-likeness (QED) is 0.146. The van der Waals surface area contributed by atoms with Crippen molar-refractivity contribution in [1.82, 2.24) is 0 Å². The summed E-state index contributed by atoms with van der Waals surface area (Å²) in [5.74, 6) is 0. The van der Waals surface area contributed by atoms with Crippen molar-refractivity contribution in [2.75, 3.05) is 0 Å². The Morgan fingerprint density at radius 3 is 1.32 bits per heavy atom. The maximum absolute atomic E-state index is 2.38. The van der Waals surface area contributed by atoms with Crippen molar-refractivity contribution in [1.29, 1.82) is 0 Å². The summed E-state index contributed by atoms with van der Waals surface area (Å²) in [5.41, 5.74) is 2.90. The minimum atomic E-state index is -1.83. The van der Waals surface area contributed by atoms with Crippen LogP contribution in [0.4, 0.5) is 0 Å². The van der Waals surface area contributed by atoms with Gasteiger partial charge in [-0.25, -0.2) is 0 Å². The normalized spacial score (nSPS) is 11.4. The Hall–Kier alpha value is -2.69. The SMILES string of the molecule is CCCCCCCCc1ccc(C[P+](c2ccccc2)(c2ccccc2)c2ccccc2)cc1. The summed E-state index contributed by atoms with van der Waals surface area (Å²) in [5, 5.41) is 4.34. The number of hydrogen-bond acceptors (Lipinski definition) is 0. The molecule has 174 valence electrons. The molecule has 4 aromatic rings. The van der Waals surface area contributed by atoms with Crippen molar-refractivity contribution >= 4 is 23.2 Å². The maximum Gasteiger partial charge on any atom is 0.116 e. The Bertz CT molecular complexity index is 989. The number of aryl methyl sites for hydroxylation is 1. The monoisotopic (exact) mass is 465 g/mol. The molecule has 0 saturated carbocycles. The highest BCUT2D eigenvalue weighted by molar-refractivity contribution is 7.95. The fourth-order valence-electron chi connectivity index (χ4n) is 4.96. The zero-order valence-corrected chi connectivity index (χ0v) is 21.5. The van der Waals surface area contributed by atoms with Gasteiger partial charge in [-0.05, 0) is 60.4 Å². The van der Waals surface area contributed by atoms with Crippen molar-refractivity contribution < 1.29 is 0 Å². The van der Waals surface area contributed by atoms with E-state index in [0.29, 0.717) is 0 Å². The third-order valence-electron chi connectivity index (χ3n) is 6.85. The third kappa shape index (κ3) is 6.05. The summed E-state index contributed by atoms with van der Waals surface area (Å²) in [7, 11) is -1.83. The number of hydrogen-bond donors (Lipinski definition) is 0. The average Bonchev–Trinajstić information content (AvgIpc) is 2.91. The second kappa shape index (κ2) is 12.7. The summed E-state index contributed by atoms with van der Waals surface area (Å²) in [6.45, 7) is 2.28. The summed E-state index contributed by atoms with van der Waals surface area (Å²) >= 11 is 0. The Morgan fingerprint density at radius 2 is 0.853 bits per heavy atom. The van der Waals surface area contributed by atoms with E-state index in [1.165, 1.54) is 72.0 Å². The van der Waals surface area contributed by atoms with E-state index >= 15 is 0 Å². The lowest BCUT2D eigenvalue weighted by Crippen LogP contribution is -2.32. The molecule has 0 saturated heterocycles. The van der Waals surface area contributed by atoms with Gasteiger partial charge in [-0.15, -0.1) is 0 Å². The highest BCUT2D eigenvalue weighted by Crippen LogP contribution is 2.58. The second-order valence-corrected chi connectivity index (χ2v) is 12.8. The van der Waals surface area contributed by atoms with Crippen molar-refractivity contribution in [3.8, 4) is 0 Å². The molecule has 0 spiro atoms. The van der Waals surface area contributed by atoms with Crippen LogP contribution in [0, 0.1) is 0 Å². The first-order valence-electron chi connectivity index (χ1n) is 13.0. The van der Waals surface area contributed by atoms with Gasteiger partial charge in [0.05, 0.1) is 6.16 Å². The van der Waals surface area contributed by atoms with Crippen molar-refractivity contribution in [2.24, 2.45) is 0 Å². The van der Waals surface area contributed by atoms with Crippen molar-refractivity contribution in [2.45, 2.75) is 58.0 Å². The summed E-state index contributed by atoms with van der Waals surface area (Å²) in [4.78, 5) is 0. The molecule has 0 aliphatic heterocycles. The predicted molar refractivity (Wildman–Crippen MR) is 152 cm³/mol. The van der Waals surface area contributed by atoms with E-state index in [-0.39, 0.29) is 0 Å². The molecular weight excluding hydrogens is 427 g/mol. The second-order valence-electron chi connectivity index (χ2n) is 9.31. The number of rotatable bonds is 12. The van der Waals surface area contributed by atoms with Crippen LogP contribution in [0.25, 0.3) is 0 Å². The van der Waals surface area contributed by atoms with Crippen LogP contribution in [0.5, 0.6) is 0 Å². The zero-order chi connectivity index (χ0) is 23.5. The van der Waals surface area contributed by atoms with Gasteiger partial charge in [-0.2, -0.15) is 0 Å². The molecule has 0 bridgehead atoms. The molecule has 0 fully saturated rings. The zero-order valence-electron chi connectivity index (χ0n) is 20.6. The number of unbranched alkanes of at least 4 members (excludes halogenated alkanes) is 5. The Morgan fingerprint density at radius 1 is 0.441 bits per heavy atom. The molecule has 0 radical (unpaired) electrons. The van der Waals surface area contributed by atoms with E-state index in [0.717, 1.165) is 6.16 Å². The molecule has 0 heterocycles.